The average molecular weight is 218 g/mol. The standard InChI is InChI=1S/C13H15NO2/c14-8-12(15)9-16-13-6-5-10-3-1-2-4-11(10)7-13/h1-7,12,15H,8-9,14H2/p+1/t12-/m1/s1. The molecule has 2 rings (SSSR count). The predicted molar refractivity (Wildman–Crippen MR) is 63.2 cm³/mol. The maximum Gasteiger partial charge on any atom is 0.136 e. The molecule has 3 heteroatoms. The van der Waals surface area contributed by atoms with E-state index in [0.29, 0.717) is 13.2 Å². The molecule has 1 atom stereocenters. The summed E-state index contributed by atoms with van der Waals surface area (Å²) in [7, 11) is 0. The minimum atomic E-state index is -0.494. The van der Waals surface area contributed by atoms with Crippen LogP contribution in [0.3, 0.4) is 0 Å². The Labute approximate surface area is 94.5 Å². The number of hydrogen-bond donors (Lipinski definition) is 2. The smallest absolute Gasteiger partial charge is 0.136 e. The van der Waals surface area contributed by atoms with Crippen molar-refractivity contribution >= 4 is 10.8 Å². The Morgan fingerprint density at radius 1 is 1.12 bits per heavy atom. The van der Waals surface area contributed by atoms with E-state index in [4.69, 9.17) is 4.74 Å². The minimum absolute atomic E-state index is 0.293. The van der Waals surface area contributed by atoms with Crippen LogP contribution in [0.2, 0.25) is 0 Å². The van der Waals surface area contributed by atoms with Crippen LogP contribution in [0, 0.1) is 0 Å². The van der Waals surface area contributed by atoms with Crippen molar-refractivity contribution in [2.75, 3.05) is 13.2 Å². The van der Waals surface area contributed by atoms with Crippen molar-refractivity contribution in [3.8, 4) is 5.75 Å². The molecule has 0 aromatic heterocycles. The van der Waals surface area contributed by atoms with Crippen LogP contribution in [0.15, 0.2) is 42.5 Å². The third-order valence-corrected chi connectivity index (χ3v) is 2.50. The van der Waals surface area contributed by atoms with Gasteiger partial charge in [0, 0.05) is 0 Å². The molecule has 0 aliphatic heterocycles. The third kappa shape index (κ3) is 2.51. The lowest BCUT2D eigenvalue weighted by atomic mass is 10.1. The van der Waals surface area contributed by atoms with Crippen LogP contribution in [-0.2, 0) is 0 Å². The van der Waals surface area contributed by atoms with Gasteiger partial charge in [-0.2, -0.15) is 0 Å². The molecular weight excluding hydrogens is 202 g/mol. The van der Waals surface area contributed by atoms with Crippen molar-refractivity contribution < 1.29 is 15.6 Å². The first-order valence-electron chi connectivity index (χ1n) is 5.38. The topological polar surface area (TPSA) is 57.1 Å². The summed E-state index contributed by atoms with van der Waals surface area (Å²) >= 11 is 0. The summed E-state index contributed by atoms with van der Waals surface area (Å²) < 4.78 is 5.48. The van der Waals surface area contributed by atoms with Gasteiger partial charge in [-0.3, -0.25) is 0 Å². The zero-order valence-corrected chi connectivity index (χ0v) is 9.10. The first-order valence-corrected chi connectivity index (χ1v) is 5.38. The van der Waals surface area contributed by atoms with Crippen LogP contribution in [0.25, 0.3) is 10.8 Å². The fourth-order valence-corrected chi connectivity index (χ4v) is 1.53. The summed E-state index contributed by atoms with van der Waals surface area (Å²) in [5, 5.41) is 11.7. The van der Waals surface area contributed by atoms with Crippen LogP contribution in [0.4, 0.5) is 0 Å². The number of aliphatic hydroxyl groups is 1. The second-order valence-electron chi connectivity index (χ2n) is 3.76. The highest BCUT2D eigenvalue weighted by Crippen LogP contribution is 2.20. The van der Waals surface area contributed by atoms with Gasteiger partial charge in [0.05, 0.1) is 0 Å². The fourth-order valence-electron chi connectivity index (χ4n) is 1.53. The minimum Gasteiger partial charge on any atom is -0.491 e. The zero-order valence-electron chi connectivity index (χ0n) is 9.10. The van der Waals surface area contributed by atoms with E-state index in [2.05, 4.69) is 11.8 Å². The second-order valence-corrected chi connectivity index (χ2v) is 3.76. The summed E-state index contributed by atoms with van der Waals surface area (Å²) in [6, 6.07) is 14.0. The van der Waals surface area contributed by atoms with E-state index in [1.165, 1.54) is 5.39 Å². The van der Waals surface area contributed by atoms with Gasteiger partial charge in [0.1, 0.15) is 25.0 Å². The van der Waals surface area contributed by atoms with E-state index in [-0.39, 0.29) is 0 Å². The fraction of sp³-hybridized carbons (Fsp3) is 0.231. The zero-order chi connectivity index (χ0) is 11.4. The quantitative estimate of drug-likeness (QED) is 0.798. The lowest BCUT2D eigenvalue weighted by Crippen LogP contribution is -2.56. The van der Waals surface area contributed by atoms with Gasteiger partial charge >= 0.3 is 0 Å². The van der Waals surface area contributed by atoms with Gasteiger partial charge in [-0.15, -0.1) is 0 Å². The van der Waals surface area contributed by atoms with Crippen molar-refractivity contribution in [1.82, 2.24) is 0 Å². The van der Waals surface area contributed by atoms with Crippen molar-refractivity contribution in [1.29, 1.82) is 0 Å². The van der Waals surface area contributed by atoms with E-state index in [1.54, 1.807) is 0 Å². The van der Waals surface area contributed by atoms with E-state index in [1.807, 2.05) is 36.4 Å². The molecule has 0 aliphatic rings. The van der Waals surface area contributed by atoms with Gasteiger partial charge in [-0.05, 0) is 22.9 Å². The molecule has 4 N–H and O–H groups in total. The van der Waals surface area contributed by atoms with Crippen molar-refractivity contribution in [3.05, 3.63) is 42.5 Å². The summed E-state index contributed by atoms with van der Waals surface area (Å²) in [5.74, 6) is 0.784. The van der Waals surface area contributed by atoms with E-state index in [0.717, 1.165) is 11.1 Å². The molecule has 2 aromatic rings. The predicted octanol–water partition coefficient (Wildman–Crippen LogP) is 0.821. The lowest BCUT2D eigenvalue weighted by Gasteiger charge is -2.09. The molecule has 0 aliphatic carbocycles. The van der Waals surface area contributed by atoms with Gasteiger partial charge in [0.25, 0.3) is 0 Å². The van der Waals surface area contributed by atoms with Gasteiger partial charge < -0.3 is 15.6 Å². The molecular formula is C13H16NO2+. The lowest BCUT2D eigenvalue weighted by molar-refractivity contribution is -0.384. The van der Waals surface area contributed by atoms with Crippen LogP contribution in [0.5, 0.6) is 5.75 Å². The average Bonchev–Trinajstić information content (AvgIpc) is 2.35. The van der Waals surface area contributed by atoms with Gasteiger partial charge in [-0.25, -0.2) is 0 Å². The molecule has 0 unspecified atom stereocenters. The Morgan fingerprint density at radius 3 is 2.62 bits per heavy atom. The molecule has 3 nitrogen and oxygen atoms in total. The molecule has 0 fully saturated rings. The highest BCUT2D eigenvalue weighted by molar-refractivity contribution is 5.83. The number of rotatable bonds is 4. The van der Waals surface area contributed by atoms with Crippen LogP contribution >= 0.6 is 0 Å². The second kappa shape index (κ2) is 4.96. The maximum atomic E-state index is 9.35. The van der Waals surface area contributed by atoms with Gasteiger partial charge in [0.2, 0.25) is 0 Å². The SMILES string of the molecule is [NH3+]C[C@@H](O)COc1ccc2ccccc2c1. The number of quaternary nitrogens is 1. The molecule has 0 bridgehead atoms. The largest absolute Gasteiger partial charge is 0.491 e. The molecule has 2 aromatic carbocycles. The summed E-state index contributed by atoms with van der Waals surface area (Å²) in [6.07, 6.45) is -0.494. The Hall–Kier alpha value is -1.58. The molecule has 0 amide bonds. The Bertz CT molecular complexity index is 470. The number of ether oxygens (including phenoxy) is 1. The summed E-state index contributed by atoms with van der Waals surface area (Å²) in [6.45, 7) is 0.759. The first kappa shape index (κ1) is 10.9. The summed E-state index contributed by atoms with van der Waals surface area (Å²) in [4.78, 5) is 0. The molecule has 16 heavy (non-hydrogen) atoms. The Balaban J connectivity index is 2.13. The Morgan fingerprint density at radius 2 is 1.88 bits per heavy atom. The monoisotopic (exact) mass is 218 g/mol. The van der Waals surface area contributed by atoms with Crippen LogP contribution in [-0.4, -0.2) is 24.4 Å². The molecule has 84 valence electrons. The van der Waals surface area contributed by atoms with Gasteiger partial charge in [0.15, 0.2) is 0 Å². The molecule has 0 radical (unpaired) electrons. The molecule has 0 saturated heterocycles. The number of fused-ring (bicyclic) bond motifs is 1. The van der Waals surface area contributed by atoms with Crippen LogP contribution < -0.4 is 10.5 Å². The maximum absolute atomic E-state index is 9.35. The van der Waals surface area contributed by atoms with Crippen molar-refractivity contribution in [2.45, 2.75) is 6.10 Å². The van der Waals surface area contributed by atoms with E-state index in [9.17, 15) is 5.11 Å². The summed E-state index contributed by atoms with van der Waals surface area (Å²) in [5.41, 5.74) is 3.62. The molecule has 0 heterocycles. The number of benzene rings is 2. The Kier molecular flexibility index (Phi) is 3.39. The van der Waals surface area contributed by atoms with Gasteiger partial charge in [-0.1, -0.05) is 30.3 Å². The first-order chi connectivity index (χ1) is 7.79. The molecule has 0 spiro atoms. The number of aliphatic hydroxyl groups excluding tert-OH is 1. The highest BCUT2D eigenvalue weighted by atomic mass is 16.5. The van der Waals surface area contributed by atoms with E-state index >= 15 is 0 Å². The normalized spacial score (nSPS) is 12.6. The van der Waals surface area contributed by atoms with Crippen LogP contribution in [0.1, 0.15) is 0 Å². The highest BCUT2D eigenvalue weighted by Gasteiger charge is 2.04. The van der Waals surface area contributed by atoms with E-state index < -0.39 is 6.10 Å². The van der Waals surface area contributed by atoms with Crippen molar-refractivity contribution in [2.24, 2.45) is 0 Å². The molecule has 0 saturated carbocycles. The van der Waals surface area contributed by atoms with Crippen molar-refractivity contribution in [3.63, 3.8) is 0 Å². The number of hydrogen-bond acceptors (Lipinski definition) is 2. The third-order valence-electron chi connectivity index (χ3n) is 2.50.